The highest BCUT2D eigenvalue weighted by molar-refractivity contribution is 5.80. The molecule has 0 aliphatic heterocycles. The maximum Gasteiger partial charge on any atom is 0.140 e. The lowest BCUT2D eigenvalue weighted by Gasteiger charge is -2.01. The van der Waals surface area contributed by atoms with Gasteiger partial charge in [0.05, 0.1) is 6.42 Å². The van der Waals surface area contributed by atoms with Gasteiger partial charge in [-0.2, -0.15) is 5.10 Å². The molecule has 15 heavy (non-hydrogen) atoms. The number of carbonyl (C=O) groups is 1. The van der Waals surface area contributed by atoms with Crippen molar-refractivity contribution in [3.8, 4) is 0 Å². The Labute approximate surface area is 89.5 Å². The van der Waals surface area contributed by atoms with Crippen LogP contribution >= 0.6 is 0 Å². The van der Waals surface area contributed by atoms with E-state index < -0.39 is 0 Å². The number of nitrogens with zero attached hydrogens (tertiary/aromatic N) is 3. The molecule has 5 nitrogen and oxygen atoms in total. The topological polar surface area (TPSA) is 57.0 Å². The number of aromatic nitrogens is 3. The largest absolute Gasteiger partial charge is 0.382 e. The summed E-state index contributed by atoms with van der Waals surface area (Å²) in [6.45, 7) is 3.31. The molecule has 0 N–H and O–H groups in total. The van der Waals surface area contributed by atoms with Gasteiger partial charge in [0, 0.05) is 26.7 Å². The molecule has 0 bridgehead atoms. The Morgan fingerprint density at radius 3 is 3.00 bits per heavy atom. The molecular formula is C10H17N3O2. The normalized spacial score (nSPS) is 10.5. The van der Waals surface area contributed by atoms with Gasteiger partial charge in [-0.1, -0.05) is 0 Å². The number of ketones is 1. The highest BCUT2D eigenvalue weighted by atomic mass is 16.5. The fourth-order valence-electron chi connectivity index (χ4n) is 1.26. The lowest BCUT2D eigenvalue weighted by Crippen LogP contribution is -2.09. The van der Waals surface area contributed by atoms with E-state index in [1.54, 1.807) is 11.7 Å². The van der Waals surface area contributed by atoms with Gasteiger partial charge in [-0.15, -0.1) is 0 Å². The molecule has 1 rings (SSSR count). The fraction of sp³-hybridized carbons (Fsp3) is 0.700. The zero-order valence-corrected chi connectivity index (χ0v) is 9.27. The van der Waals surface area contributed by atoms with Crippen molar-refractivity contribution in [3.05, 3.63) is 12.2 Å². The maximum atomic E-state index is 11.5. The van der Waals surface area contributed by atoms with Crippen molar-refractivity contribution in [2.75, 3.05) is 13.2 Å². The first-order valence-corrected chi connectivity index (χ1v) is 5.16. The van der Waals surface area contributed by atoms with Crippen molar-refractivity contribution in [2.45, 2.75) is 26.2 Å². The summed E-state index contributed by atoms with van der Waals surface area (Å²) in [5.41, 5.74) is 0. The van der Waals surface area contributed by atoms with Crippen molar-refractivity contribution in [1.29, 1.82) is 0 Å². The van der Waals surface area contributed by atoms with Crippen LogP contribution in [0.5, 0.6) is 0 Å². The molecule has 0 radical (unpaired) electrons. The minimum absolute atomic E-state index is 0.186. The van der Waals surface area contributed by atoms with Gasteiger partial charge in [-0.05, 0) is 13.3 Å². The van der Waals surface area contributed by atoms with E-state index in [0.717, 1.165) is 12.2 Å². The van der Waals surface area contributed by atoms with E-state index in [2.05, 4.69) is 10.1 Å². The van der Waals surface area contributed by atoms with Gasteiger partial charge in [0.25, 0.3) is 0 Å². The Kier molecular flexibility index (Phi) is 4.97. The molecule has 5 heteroatoms. The van der Waals surface area contributed by atoms with Crippen LogP contribution in [0, 0.1) is 0 Å². The molecular weight excluding hydrogens is 194 g/mol. The first kappa shape index (κ1) is 11.8. The first-order valence-electron chi connectivity index (χ1n) is 5.16. The predicted octanol–water partition coefficient (Wildman–Crippen LogP) is 0.743. The Bertz CT molecular complexity index is 309. The molecule has 0 amide bonds. The van der Waals surface area contributed by atoms with E-state index in [-0.39, 0.29) is 5.78 Å². The number of aryl methyl sites for hydroxylation is 1. The third kappa shape index (κ3) is 4.20. The summed E-state index contributed by atoms with van der Waals surface area (Å²) in [5.74, 6) is 0.905. The quantitative estimate of drug-likeness (QED) is 0.624. The SMILES string of the molecule is CCOCCCC(=O)Cc1ncnn1C. The molecule has 0 spiro atoms. The molecule has 0 aliphatic carbocycles. The van der Waals surface area contributed by atoms with Gasteiger partial charge >= 0.3 is 0 Å². The second-order valence-corrected chi connectivity index (χ2v) is 3.32. The lowest BCUT2D eigenvalue weighted by atomic mass is 10.1. The van der Waals surface area contributed by atoms with E-state index >= 15 is 0 Å². The lowest BCUT2D eigenvalue weighted by molar-refractivity contribution is -0.118. The number of hydrogen-bond acceptors (Lipinski definition) is 4. The van der Waals surface area contributed by atoms with Gasteiger partial charge in [0.2, 0.25) is 0 Å². The van der Waals surface area contributed by atoms with Crippen molar-refractivity contribution in [1.82, 2.24) is 14.8 Å². The Hall–Kier alpha value is -1.23. The average molecular weight is 211 g/mol. The molecule has 1 aromatic heterocycles. The van der Waals surface area contributed by atoms with Gasteiger partial charge in [0.15, 0.2) is 0 Å². The van der Waals surface area contributed by atoms with Gasteiger partial charge < -0.3 is 4.74 Å². The number of carbonyl (C=O) groups excluding carboxylic acids is 1. The Balaban J connectivity index is 2.22. The summed E-state index contributed by atoms with van der Waals surface area (Å²) >= 11 is 0. The van der Waals surface area contributed by atoms with Crippen LogP contribution in [0.3, 0.4) is 0 Å². The smallest absolute Gasteiger partial charge is 0.140 e. The summed E-state index contributed by atoms with van der Waals surface area (Å²) in [4.78, 5) is 15.5. The second kappa shape index (κ2) is 6.29. The zero-order chi connectivity index (χ0) is 11.1. The van der Waals surface area contributed by atoms with Gasteiger partial charge in [-0.25, -0.2) is 4.98 Å². The van der Waals surface area contributed by atoms with Crippen LogP contribution in [0.25, 0.3) is 0 Å². The summed E-state index contributed by atoms with van der Waals surface area (Å²) in [7, 11) is 1.79. The van der Waals surface area contributed by atoms with E-state index in [9.17, 15) is 4.79 Å². The van der Waals surface area contributed by atoms with E-state index in [1.165, 1.54) is 6.33 Å². The monoisotopic (exact) mass is 211 g/mol. The molecule has 0 saturated carbocycles. The summed E-state index contributed by atoms with van der Waals surface area (Å²) in [6, 6.07) is 0. The molecule has 1 heterocycles. The molecule has 1 aromatic rings. The first-order chi connectivity index (χ1) is 7.24. The maximum absolute atomic E-state index is 11.5. The average Bonchev–Trinajstić information content (AvgIpc) is 2.59. The summed E-state index contributed by atoms with van der Waals surface area (Å²) < 4.78 is 6.78. The minimum Gasteiger partial charge on any atom is -0.382 e. The Morgan fingerprint density at radius 2 is 2.40 bits per heavy atom. The van der Waals surface area contributed by atoms with Crippen LogP contribution in [0.15, 0.2) is 6.33 Å². The summed E-state index contributed by atoms with van der Waals surface area (Å²) in [5, 5.41) is 3.91. The predicted molar refractivity (Wildman–Crippen MR) is 55.4 cm³/mol. The van der Waals surface area contributed by atoms with Crippen LogP contribution < -0.4 is 0 Å². The molecule has 0 atom stereocenters. The molecule has 84 valence electrons. The van der Waals surface area contributed by atoms with Crippen molar-refractivity contribution < 1.29 is 9.53 Å². The Morgan fingerprint density at radius 1 is 1.60 bits per heavy atom. The third-order valence-corrected chi connectivity index (χ3v) is 2.11. The van der Waals surface area contributed by atoms with Crippen LogP contribution in [0.1, 0.15) is 25.6 Å². The van der Waals surface area contributed by atoms with E-state index in [4.69, 9.17) is 4.74 Å². The summed E-state index contributed by atoms with van der Waals surface area (Å²) in [6.07, 6.45) is 3.16. The molecule has 0 saturated heterocycles. The second-order valence-electron chi connectivity index (χ2n) is 3.32. The zero-order valence-electron chi connectivity index (χ0n) is 9.27. The fourth-order valence-corrected chi connectivity index (χ4v) is 1.26. The molecule has 0 unspecified atom stereocenters. The van der Waals surface area contributed by atoms with Crippen LogP contribution in [-0.2, 0) is 23.0 Å². The van der Waals surface area contributed by atoms with Crippen LogP contribution in [0.4, 0.5) is 0 Å². The van der Waals surface area contributed by atoms with Gasteiger partial charge in [0.1, 0.15) is 17.9 Å². The van der Waals surface area contributed by atoms with E-state index in [0.29, 0.717) is 26.1 Å². The van der Waals surface area contributed by atoms with Gasteiger partial charge in [-0.3, -0.25) is 9.48 Å². The molecule has 0 aromatic carbocycles. The van der Waals surface area contributed by atoms with Crippen molar-refractivity contribution in [2.24, 2.45) is 7.05 Å². The van der Waals surface area contributed by atoms with Crippen molar-refractivity contribution >= 4 is 5.78 Å². The number of rotatable bonds is 7. The number of hydrogen-bond donors (Lipinski definition) is 0. The minimum atomic E-state index is 0.186. The number of Topliss-reactive ketones (excluding diaryl/α,β-unsaturated/α-hetero) is 1. The van der Waals surface area contributed by atoms with Crippen LogP contribution in [-0.4, -0.2) is 33.8 Å². The molecule has 0 aliphatic rings. The van der Waals surface area contributed by atoms with Crippen molar-refractivity contribution in [3.63, 3.8) is 0 Å². The standard InChI is InChI=1S/C10H17N3O2/c1-3-15-6-4-5-9(14)7-10-11-8-12-13(10)2/h8H,3-7H2,1-2H3. The third-order valence-electron chi connectivity index (χ3n) is 2.11. The van der Waals surface area contributed by atoms with Crippen LogP contribution in [0.2, 0.25) is 0 Å². The molecule has 0 fully saturated rings. The highest BCUT2D eigenvalue weighted by Gasteiger charge is 2.07. The number of ether oxygens (including phenoxy) is 1. The highest BCUT2D eigenvalue weighted by Crippen LogP contribution is 1.99. The van der Waals surface area contributed by atoms with E-state index in [1.807, 2.05) is 6.92 Å².